The summed E-state index contributed by atoms with van der Waals surface area (Å²) in [7, 11) is 0. The first-order valence-corrected chi connectivity index (χ1v) is 6.13. The first kappa shape index (κ1) is 19.3. The van der Waals surface area contributed by atoms with E-state index in [9.17, 15) is 26.3 Å². The molecule has 0 spiro atoms. The van der Waals surface area contributed by atoms with Crippen LogP contribution in [0.25, 0.3) is 0 Å². The molecule has 0 aliphatic heterocycles. The zero-order chi connectivity index (χ0) is 18.7. The lowest BCUT2D eigenvalue weighted by Gasteiger charge is -2.07. The Hall–Kier alpha value is -2.78. The smallest absolute Gasteiger partial charge is 0.416 e. The number of aromatic hydroxyl groups is 2. The Morgan fingerprint density at radius 1 is 0.625 bits per heavy atom. The summed E-state index contributed by atoms with van der Waals surface area (Å²) in [4.78, 5) is 0. The maximum Gasteiger partial charge on any atom is 0.416 e. The highest BCUT2D eigenvalue weighted by Crippen LogP contribution is 2.34. The predicted octanol–water partition coefficient (Wildman–Crippen LogP) is 3.99. The third-order valence-electron chi connectivity index (χ3n) is 2.71. The van der Waals surface area contributed by atoms with Crippen LogP contribution in [0, 0.1) is 0 Å². The van der Waals surface area contributed by atoms with Crippen molar-refractivity contribution in [3.8, 4) is 11.5 Å². The average Bonchev–Trinajstić information content (AvgIpc) is 2.43. The second-order valence-electron chi connectivity index (χ2n) is 4.54. The van der Waals surface area contributed by atoms with Gasteiger partial charge in [0.05, 0.1) is 22.5 Å². The van der Waals surface area contributed by atoms with Crippen LogP contribution in [0.15, 0.2) is 36.4 Å². The molecule has 0 radical (unpaired) electrons. The van der Waals surface area contributed by atoms with E-state index in [4.69, 9.17) is 21.7 Å². The minimum absolute atomic E-state index is 0.0667. The highest BCUT2D eigenvalue weighted by Gasteiger charge is 2.31. The van der Waals surface area contributed by atoms with Gasteiger partial charge in [-0.05, 0) is 36.4 Å². The van der Waals surface area contributed by atoms with Crippen molar-refractivity contribution in [2.75, 3.05) is 11.5 Å². The molecule has 0 aliphatic carbocycles. The molecule has 0 atom stereocenters. The summed E-state index contributed by atoms with van der Waals surface area (Å²) in [5.74, 6) is -0.896. The molecular weight excluding hydrogens is 342 g/mol. The molecule has 2 rings (SSSR count). The summed E-state index contributed by atoms with van der Waals surface area (Å²) in [6.07, 6.45) is -8.85. The molecule has 0 heterocycles. The zero-order valence-corrected chi connectivity index (χ0v) is 11.8. The van der Waals surface area contributed by atoms with E-state index < -0.39 is 29.2 Å². The van der Waals surface area contributed by atoms with Gasteiger partial charge in [-0.1, -0.05) is 0 Å². The Labute approximate surface area is 131 Å². The van der Waals surface area contributed by atoms with E-state index in [2.05, 4.69) is 0 Å². The average molecular weight is 354 g/mol. The van der Waals surface area contributed by atoms with Gasteiger partial charge in [-0.3, -0.25) is 0 Å². The molecule has 24 heavy (non-hydrogen) atoms. The Bertz CT molecular complexity index is 652. The molecule has 2 aromatic carbocycles. The standard InChI is InChI=1S/2C7H6F3NO/c8-7(9,10)4-1-2-6(12)5(11)3-4;8-7(9,10)4-1-2-5(11)6(12)3-4/h2*1-3,12H,11H2. The summed E-state index contributed by atoms with van der Waals surface area (Å²) in [5, 5.41) is 17.7. The number of phenols is 2. The SMILES string of the molecule is Nc1cc(C(F)(F)F)ccc1O.Nc1ccc(C(F)(F)F)cc1O. The molecule has 0 unspecified atom stereocenters. The van der Waals surface area contributed by atoms with Gasteiger partial charge in [0.25, 0.3) is 0 Å². The molecule has 0 fully saturated rings. The van der Waals surface area contributed by atoms with E-state index in [1.54, 1.807) is 0 Å². The number of alkyl halides is 6. The predicted molar refractivity (Wildman–Crippen MR) is 75.0 cm³/mol. The van der Waals surface area contributed by atoms with Gasteiger partial charge >= 0.3 is 12.4 Å². The van der Waals surface area contributed by atoms with Gasteiger partial charge in [0.2, 0.25) is 0 Å². The quantitative estimate of drug-likeness (QED) is 0.327. The van der Waals surface area contributed by atoms with Crippen LogP contribution in [0.3, 0.4) is 0 Å². The molecule has 4 nitrogen and oxygen atoms in total. The van der Waals surface area contributed by atoms with Crippen molar-refractivity contribution in [2.45, 2.75) is 12.4 Å². The molecule has 0 aliphatic rings. The van der Waals surface area contributed by atoms with Crippen LogP contribution in [0.2, 0.25) is 0 Å². The number of rotatable bonds is 0. The maximum absolute atomic E-state index is 12.0. The van der Waals surface area contributed by atoms with Gasteiger partial charge in [-0.15, -0.1) is 0 Å². The molecule has 0 aromatic heterocycles. The first-order valence-electron chi connectivity index (χ1n) is 6.13. The number of hydrogen-bond acceptors (Lipinski definition) is 4. The summed E-state index contributed by atoms with van der Waals surface area (Å²) in [6.45, 7) is 0. The lowest BCUT2D eigenvalue weighted by molar-refractivity contribution is -0.138. The molecule has 0 saturated heterocycles. The summed E-state index contributed by atoms with van der Waals surface area (Å²) in [5.41, 5.74) is 8.07. The van der Waals surface area contributed by atoms with Crippen molar-refractivity contribution < 1.29 is 36.6 Å². The first-order chi connectivity index (χ1) is 10.8. The van der Waals surface area contributed by atoms with Gasteiger partial charge in [0.15, 0.2) is 0 Å². The van der Waals surface area contributed by atoms with E-state index in [1.165, 1.54) is 0 Å². The Kier molecular flexibility index (Phi) is 5.43. The van der Waals surface area contributed by atoms with Crippen LogP contribution < -0.4 is 11.5 Å². The fourth-order valence-corrected chi connectivity index (χ4v) is 1.45. The van der Waals surface area contributed by atoms with Crippen LogP contribution in [-0.2, 0) is 12.4 Å². The topological polar surface area (TPSA) is 92.5 Å². The van der Waals surface area contributed by atoms with Crippen LogP contribution in [0.4, 0.5) is 37.7 Å². The van der Waals surface area contributed by atoms with E-state index in [0.717, 1.165) is 24.3 Å². The van der Waals surface area contributed by atoms with Crippen molar-refractivity contribution in [1.29, 1.82) is 0 Å². The second kappa shape index (κ2) is 6.77. The molecule has 0 bridgehead atoms. The minimum Gasteiger partial charge on any atom is -0.506 e. The number of nitrogens with two attached hydrogens (primary N) is 2. The van der Waals surface area contributed by atoms with E-state index in [-0.39, 0.29) is 17.1 Å². The molecule has 10 heteroatoms. The maximum atomic E-state index is 12.0. The lowest BCUT2D eigenvalue weighted by atomic mass is 10.2. The van der Waals surface area contributed by atoms with Gasteiger partial charge in [0, 0.05) is 0 Å². The molecule has 0 saturated carbocycles. The van der Waals surface area contributed by atoms with E-state index >= 15 is 0 Å². The number of hydrogen-bond donors (Lipinski definition) is 4. The van der Waals surface area contributed by atoms with Gasteiger partial charge in [-0.25, -0.2) is 0 Å². The third kappa shape index (κ3) is 5.14. The molecule has 0 amide bonds. The number of halogens is 6. The van der Waals surface area contributed by atoms with Crippen molar-refractivity contribution >= 4 is 11.4 Å². The van der Waals surface area contributed by atoms with Gasteiger partial charge in [0.1, 0.15) is 11.5 Å². The van der Waals surface area contributed by atoms with Crippen molar-refractivity contribution in [3.63, 3.8) is 0 Å². The highest BCUT2D eigenvalue weighted by molar-refractivity contribution is 5.54. The molecular formula is C14H12F6N2O2. The lowest BCUT2D eigenvalue weighted by Crippen LogP contribution is -2.05. The Morgan fingerprint density at radius 3 is 1.50 bits per heavy atom. The fourth-order valence-electron chi connectivity index (χ4n) is 1.45. The van der Waals surface area contributed by atoms with Crippen LogP contribution in [-0.4, -0.2) is 10.2 Å². The normalized spacial score (nSPS) is 11.6. The zero-order valence-electron chi connectivity index (χ0n) is 11.8. The summed E-state index contributed by atoms with van der Waals surface area (Å²) < 4.78 is 71.7. The van der Waals surface area contributed by atoms with Crippen molar-refractivity contribution in [2.24, 2.45) is 0 Å². The fraction of sp³-hybridized carbons (Fsp3) is 0.143. The highest BCUT2D eigenvalue weighted by atomic mass is 19.4. The molecule has 6 N–H and O–H groups in total. The van der Waals surface area contributed by atoms with Crippen LogP contribution in [0.5, 0.6) is 11.5 Å². The molecule has 132 valence electrons. The van der Waals surface area contributed by atoms with Crippen molar-refractivity contribution in [3.05, 3.63) is 47.5 Å². The van der Waals surface area contributed by atoms with E-state index in [0.29, 0.717) is 12.1 Å². The number of nitrogen functional groups attached to an aromatic ring is 2. The van der Waals surface area contributed by atoms with Gasteiger partial charge < -0.3 is 21.7 Å². The van der Waals surface area contributed by atoms with E-state index in [1.807, 2.05) is 0 Å². The van der Waals surface area contributed by atoms with Crippen molar-refractivity contribution in [1.82, 2.24) is 0 Å². The number of phenolic OH excluding ortho intramolecular Hbond substituents is 2. The third-order valence-corrected chi connectivity index (χ3v) is 2.71. The molecule has 2 aromatic rings. The largest absolute Gasteiger partial charge is 0.506 e. The Morgan fingerprint density at radius 2 is 1.08 bits per heavy atom. The Balaban J connectivity index is 0.000000240. The monoisotopic (exact) mass is 354 g/mol. The van der Waals surface area contributed by atoms with Crippen LogP contribution >= 0.6 is 0 Å². The van der Waals surface area contributed by atoms with Gasteiger partial charge in [-0.2, -0.15) is 26.3 Å². The second-order valence-corrected chi connectivity index (χ2v) is 4.54. The van der Waals surface area contributed by atoms with Crippen LogP contribution in [0.1, 0.15) is 11.1 Å². The minimum atomic E-state index is -4.44. The number of anilines is 2. The summed E-state index contributed by atoms with van der Waals surface area (Å²) in [6, 6.07) is 4.79. The summed E-state index contributed by atoms with van der Waals surface area (Å²) >= 11 is 0. The number of benzene rings is 2.